The first-order valence-electron chi connectivity index (χ1n) is 11.6. The largest absolute Gasteiger partial charge is 0.368 e. The third kappa shape index (κ3) is 4.58. The van der Waals surface area contributed by atoms with Gasteiger partial charge in [-0.05, 0) is 42.8 Å². The third-order valence-electron chi connectivity index (χ3n) is 6.30. The van der Waals surface area contributed by atoms with Crippen LogP contribution in [0.4, 0.5) is 11.4 Å². The zero-order valence-electron chi connectivity index (χ0n) is 19.3. The number of fused-ring (bicyclic) bond motifs is 1. The predicted molar refractivity (Wildman–Crippen MR) is 138 cm³/mol. The van der Waals surface area contributed by atoms with Crippen LogP contribution in [0.1, 0.15) is 5.56 Å². The Bertz CT molecular complexity index is 1370. The van der Waals surface area contributed by atoms with Crippen molar-refractivity contribution in [3.05, 3.63) is 101 Å². The molecule has 6 heteroatoms. The average Bonchev–Trinajstić information content (AvgIpc) is 2.84. The molecule has 0 unspecified atom stereocenters. The molecule has 0 saturated carbocycles. The summed E-state index contributed by atoms with van der Waals surface area (Å²) < 4.78 is 1.77. The van der Waals surface area contributed by atoms with Crippen molar-refractivity contribution >= 4 is 28.2 Å². The quantitative estimate of drug-likeness (QED) is 0.496. The van der Waals surface area contributed by atoms with Gasteiger partial charge >= 0.3 is 0 Å². The maximum atomic E-state index is 13.2. The molecule has 1 aliphatic rings. The minimum atomic E-state index is -0.0418. The van der Waals surface area contributed by atoms with E-state index in [1.54, 1.807) is 10.6 Å². The van der Waals surface area contributed by atoms with Crippen molar-refractivity contribution in [1.29, 1.82) is 0 Å². The van der Waals surface area contributed by atoms with Gasteiger partial charge in [0.05, 0.1) is 17.7 Å². The van der Waals surface area contributed by atoms with Crippen molar-refractivity contribution in [1.82, 2.24) is 9.47 Å². The lowest BCUT2D eigenvalue weighted by Gasteiger charge is -2.36. The van der Waals surface area contributed by atoms with E-state index < -0.39 is 0 Å². The Kier molecular flexibility index (Phi) is 6.14. The van der Waals surface area contributed by atoms with E-state index in [-0.39, 0.29) is 11.5 Å². The number of aromatic nitrogens is 1. The van der Waals surface area contributed by atoms with Crippen LogP contribution in [-0.4, -0.2) is 48.1 Å². The third-order valence-corrected chi connectivity index (χ3v) is 6.30. The molecule has 0 atom stereocenters. The molecule has 3 aromatic carbocycles. The number of nitrogens with zero attached hydrogens (tertiary/aromatic N) is 3. The Hall–Kier alpha value is -3.90. The van der Waals surface area contributed by atoms with E-state index in [4.69, 9.17) is 0 Å². The Labute approximate surface area is 199 Å². The molecule has 172 valence electrons. The highest BCUT2D eigenvalue weighted by atomic mass is 16.2. The van der Waals surface area contributed by atoms with Crippen LogP contribution < -0.4 is 15.8 Å². The van der Waals surface area contributed by atoms with Crippen LogP contribution in [0.5, 0.6) is 0 Å². The number of rotatable bonds is 5. The number of benzene rings is 3. The van der Waals surface area contributed by atoms with Gasteiger partial charge < -0.3 is 10.2 Å². The number of piperazine rings is 1. The summed E-state index contributed by atoms with van der Waals surface area (Å²) in [6, 6.07) is 27.4. The Morgan fingerprint density at radius 1 is 0.853 bits per heavy atom. The van der Waals surface area contributed by atoms with Gasteiger partial charge in [-0.25, -0.2) is 0 Å². The second kappa shape index (κ2) is 9.53. The molecule has 1 fully saturated rings. The van der Waals surface area contributed by atoms with Crippen LogP contribution in [0.15, 0.2) is 89.7 Å². The standard InChI is InChI=1S/C28H28N4O2/c1-21-8-7-9-22(18-21)29-27(33)20-30-14-16-31(17-15-30)26-19-28(34)32(23-10-3-2-4-11-23)25-13-6-5-12-24(25)26/h2-13,18-19H,14-17,20H2,1H3,(H,29,33). The fraction of sp³-hybridized carbons (Fsp3) is 0.214. The van der Waals surface area contributed by atoms with Crippen molar-refractivity contribution in [2.75, 3.05) is 42.9 Å². The van der Waals surface area contributed by atoms with E-state index in [1.165, 1.54) is 0 Å². The summed E-state index contributed by atoms with van der Waals surface area (Å²) in [5.74, 6) is -0.00467. The van der Waals surface area contributed by atoms with E-state index in [2.05, 4.69) is 21.2 Å². The van der Waals surface area contributed by atoms with Crippen molar-refractivity contribution in [2.24, 2.45) is 0 Å². The molecule has 0 radical (unpaired) electrons. The fourth-order valence-corrected chi connectivity index (χ4v) is 4.64. The lowest BCUT2D eigenvalue weighted by molar-refractivity contribution is -0.117. The maximum absolute atomic E-state index is 13.2. The average molecular weight is 453 g/mol. The number of hydrogen-bond acceptors (Lipinski definition) is 4. The van der Waals surface area contributed by atoms with E-state index in [1.807, 2.05) is 79.7 Å². The van der Waals surface area contributed by atoms with Gasteiger partial charge in [-0.1, -0.05) is 48.5 Å². The lowest BCUT2D eigenvalue weighted by atomic mass is 10.1. The first kappa shape index (κ1) is 21.9. The van der Waals surface area contributed by atoms with Gasteiger partial charge in [0.25, 0.3) is 5.56 Å². The van der Waals surface area contributed by atoms with Crippen molar-refractivity contribution in [3.8, 4) is 5.69 Å². The number of hydrogen-bond donors (Lipinski definition) is 1. The summed E-state index contributed by atoms with van der Waals surface area (Å²) in [5.41, 5.74) is 4.62. The van der Waals surface area contributed by atoms with Crippen molar-refractivity contribution < 1.29 is 4.79 Å². The highest BCUT2D eigenvalue weighted by Gasteiger charge is 2.22. The van der Waals surface area contributed by atoms with Crippen LogP contribution in [-0.2, 0) is 4.79 Å². The summed E-state index contributed by atoms with van der Waals surface area (Å²) in [5, 5.41) is 4.04. The molecule has 1 N–H and O–H groups in total. The summed E-state index contributed by atoms with van der Waals surface area (Å²) in [7, 11) is 0. The smallest absolute Gasteiger partial charge is 0.257 e. The number of carbonyl (C=O) groups is 1. The summed E-state index contributed by atoms with van der Waals surface area (Å²) >= 11 is 0. The van der Waals surface area contributed by atoms with E-state index in [0.717, 1.165) is 59.7 Å². The van der Waals surface area contributed by atoms with Crippen molar-refractivity contribution in [3.63, 3.8) is 0 Å². The van der Waals surface area contributed by atoms with Crippen LogP contribution in [0, 0.1) is 6.92 Å². The number of para-hydroxylation sites is 2. The molecule has 2 heterocycles. The molecule has 34 heavy (non-hydrogen) atoms. The van der Waals surface area contributed by atoms with Crippen LogP contribution in [0.2, 0.25) is 0 Å². The zero-order valence-corrected chi connectivity index (χ0v) is 19.3. The number of pyridine rings is 1. The fourth-order valence-electron chi connectivity index (χ4n) is 4.64. The summed E-state index contributed by atoms with van der Waals surface area (Å²) in [4.78, 5) is 30.1. The van der Waals surface area contributed by atoms with Crippen LogP contribution in [0.3, 0.4) is 0 Å². The van der Waals surface area contributed by atoms with E-state index in [9.17, 15) is 9.59 Å². The first-order chi connectivity index (χ1) is 16.6. The molecule has 1 aromatic heterocycles. The van der Waals surface area contributed by atoms with Gasteiger partial charge in [-0.2, -0.15) is 0 Å². The molecular formula is C28H28N4O2. The zero-order chi connectivity index (χ0) is 23.5. The highest BCUT2D eigenvalue weighted by Crippen LogP contribution is 2.27. The monoisotopic (exact) mass is 452 g/mol. The van der Waals surface area contributed by atoms with Gasteiger partial charge in [-0.15, -0.1) is 0 Å². The SMILES string of the molecule is Cc1cccc(NC(=O)CN2CCN(c3cc(=O)n(-c4ccccc4)c4ccccc34)CC2)c1. The summed E-state index contributed by atoms with van der Waals surface area (Å²) in [6.45, 7) is 5.41. The number of amides is 1. The molecule has 6 nitrogen and oxygen atoms in total. The molecule has 0 bridgehead atoms. The number of anilines is 2. The van der Waals surface area contributed by atoms with E-state index in [0.29, 0.717) is 6.54 Å². The van der Waals surface area contributed by atoms with Crippen molar-refractivity contribution in [2.45, 2.75) is 6.92 Å². The maximum Gasteiger partial charge on any atom is 0.257 e. The minimum absolute atomic E-state index is 0.00467. The van der Waals surface area contributed by atoms with Crippen LogP contribution >= 0.6 is 0 Å². The molecule has 1 saturated heterocycles. The summed E-state index contributed by atoms with van der Waals surface area (Å²) in [6.07, 6.45) is 0. The molecular weight excluding hydrogens is 424 g/mol. The number of nitrogens with one attached hydrogen (secondary N) is 1. The molecule has 1 aliphatic heterocycles. The lowest BCUT2D eigenvalue weighted by Crippen LogP contribution is -2.49. The van der Waals surface area contributed by atoms with Gasteiger partial charge in [0.15, 0.2) is 0 Å². The second-order valence-electron chi connectivity index (χ2n) is 8.74. The van der Waals surface area contributed by atoms with E-state index >= 15 is 0 Å². The first-order valence-corrected chi connectivity index (χ1v) is 11.6. The highest BCUT2D eigenvalue weighted by molar-refractivity contribution is 5.93. The minimum Gasteiger partial charge on any atom is -0.368 e. The molecule has 4 aromatic rings. The topological polar surface area (TPSA) is 57.6 Å². The molecule has 5 rings (SSSR count). The van der Waals surface area contributed by atoms with Crippen LogP contribution in [0.25, 0.3) is 16.6 Å². The predicted octanol–water partition coefficient (Wildman–Crippen LogP) is 4.06. The number of carbonyl (C=O) groups excluding carboxylic acids is 1. The normalized spacial score (nSPS) is 14.3. The Balaban J connectivity index is 1.31. The second-order valence-corrected chi connectivity index (χ2v) is 8.74. The van der Waals surface area contributed by atoms with Gasteiger partial charge in [0, 0.05) is 49.0 Å². The Morgan fingerprint density at radius 2 is 1.59 bits per heavy atom. The molecule has 1 amide bonds. The Morgan fingerprint density at radius 3 is 2.35 bits per heavy atom. The van der Waals surface area contributed by atoms with Gasteiger partial charge in [0.1, 0.15) is 0 Å². The number of aryl methyl sites for hydroxylation is 1. The molecule has 0 aliphatic carbocycles. The van der Waals surface area contributed by atoms with Gasteiger partial charge in [0.2, 0.25) is 5.91 Å². The van der Waals surface area contributed by atoms with Gasteiger partial charge in [-0.3, -0.25) is 19.1 Å². The molecule has 0 spiro atoms.